The number of rotatable bonds is 1. The molecule has 1 aliphatic carbocycles. The first-order chi connectivity index (χ1) is 9.54. The molecular weight excluding hydrogens is 279 g/mol. The highest BCUT2D eigenvalue weighted by Crippen LogP contribution is 2.36. The second kappa shape index (κ2) is 5.34. The molecule has 1 saturated carbocycles. The fraction of sp³-hybridized carbons (Fsp3) is 0.533. The van der Waals surface area contributed by atoms with Crippen molar-refractivity contribution in [1.29, 1.82) is 0 Å². The molecule has 1 aromatic carbocycles. The quantitative estimate of drug-likeness (QED) is 0.866. The van der Waals surface area contributed by atoms with Gasteiger partial charge in [0.05, 0.1) is 5.56 Å². The Morgan fingerprint density at radius 3 is 2.85 bits per heavy atom. The predicted octanol–water partition coefficient (Wildman–Crippen LogP) is 2.68. The lowest BCUT2D eigenvalue weighted by atomic mass is 9.79. The van der Waals surface area contributed by atoms with Crippen LogP contribution in [0.4, 0.5) is 4.39 Å². The number of hydrogen-bond donors (Lipinski definition) is 1. The number of likely N-dealkylation sites (tertiary alicyclic amines) is 1. The zero-order valence-corrected chi connectivity index (χ0v) is 11.9. The van der Waals surface area contributed by atoms with Crippen LogP contribution in [0.25, 0.3) is 0 Å². The number of halogens is 2. The molecule has 2 fully saturated rings. The topological polar surface area (TPSA) is 46.3 Å². The fourth-order valence-corrected chi connectivity index (χ4v) is 3.64. The second-order valence-electron chi connectivity index (χ2n) is 5.93. The number of carbonyl (C=O) groups excluding carboxylic acids is 1. The average molecular weight is 297 g/mol. The van der Waals surface area contributed by atoms with E-state index in [1.54, 1.807) is 4.90 Å². The number of fused-ring (bicyclic) bond motifs is 1. The third-order valence-electron chi connectivity index (χ3n) is 4.54. The Balaban J connectivity index is 1.77. The number of amides is 1. The minimum Gasteiger partial charge on any atom is -0.338 e. The van der Waals surface area contributed by atoms with Crippen LogP contribution in [0, 0.1) is 17.7 Å². The van der Waals surface area contributed by atoms with Gasteiger partial charge in [-0.05, 0) is 49.3 Å². The minimum atomic E-state index is -0.508. The third kappa shape index (κ3) is 2.54. The molecule has 108 valence electrons. The first-order valence-corrected chi connectivity index (χ1v) is 7.42. The minimum absolute atomic E-state index is 0.0699. The molecule has 0 spiro atoms. The van der Waals surface area contributed by atoms with Gasteiger partial charge in [-0.3, -0.25) is 4.79 Å². The van der Waals surface area contributed by atoms with Crippen molar-refractivity contribution in [2.75, 3.05) is 13.1 Å². The van der Waals surface area contributed by atoms with Crippen LogP contribution in [0.3, 0.4) is 0 Å². The summed E-state index contributed by atoms with van der Waals surface area (Å²) in [5.41, 5.74) is 6.06. The number of nitrogens with zero attached hydrogens (tertiary/aromatic N) is 1. The van der Waals surface area contributed by atoms with Gasteiger partial charge < -0.3 is 10.6 Å². The van der Waals surface area contributed by atoms with Crippen molar-refractivity contribution < 1.29 is 9.18 Å². The summed E-state index contributed by atoms with van der Waals surface area (Å²) >= 11 is 5.85. The van der Waals surface area contributed by atoms with Gasteiger partial charge in [-0.1, -0.05) is 11.6 Å². The summed E-state index contributed by atoms with van der Waals surface area (Å²) in [4.78, 5) is 14.2. The van der Waals surface area contributed by atoms with E-state index in [1.807, 2.05) is 0 Å². The second-order valence-corrected chi connectivity index (χ2v) is 6.36. The molecule has 3 rings (SSSR count). The predicted molar refractivity (Wildman–Crippen MR) is 76.1 cm³/mol. The molecule has 1 aliphatic heterocycles. The lowest BCUT2D eigenvalue weighted by Gasteiger charge is -2.27. The summed E-state index contributed by atoms with van der Waals surface area (Å²) in [6.07, 6.45) is 3.05. The summed E-state index contributed by atoms with van der Waals surface area (Å²) in [5, 5.41) is 0.383. The van der Waals surface area contributed by atoms with Gasteiger partial charge in [-0.2, -0.15) is 0 Å². The summed E-state index contributed by atoms with van der Waals surface area (Å²) < 4.78 is 13.8. The number of benzene rings is 1. The first-order valence-electron chi connectivity index (χ1n) is 7.04. The largest absolute Gasteiger partial charge is 0.338 e. The lowest BCUT2D eigenvalue weighted by Crippen LogP contribution is -2.32. The molecule has 0 radical (unpaired) electrons. The van der Waals surface area contributed by atoms with Crippen LogP contribution in [-0.4, -0.2) is 29.9 Å². The van der Waals surface area contributed by atoms with E-state index in [4.69, 9.17) is 17.3 Å². The first kappa shape index (κ1) is 13.8. The summed E-state index contributed by atoms with van der Waals surface area (Å²) in [7, 11) is 0. The molecule has 0 aromatic heterocycles. The van der Waals surface area contributed by atoms with Crippen molar-refractivity contribution in [3.63, 3.8) is 0 Å². The molecule has 5 heteroatoms. The molecule has 1 saturated heterocycles. The van der Waals surface area contributed by atoms with E-state index < -0.39 is 5.82 Å². The van der Waals surface area contributed by atoms with E-state index in [1.165, 1.54) is 18.2 Å². The van der Waals surface area contributed by atoms with Crippen LogP contribution >= 0.6 is 11.6 Å². The van der Waals surface area contributed by atoms with Gasteiger partial charge >= 0.3 is 0 Å². The molecular formula is C15H18ClFN2O. The normalized spacial score (nSPS) is 29.4. The smallest absolute Gasteiger partial charge is 0.256 e. The van der Waals surface area contributed by atoms with E-state index in [9.17, 15) is 9.18 Å². The highest BCUT2D eigenvalue weighted by molar-refractivity contribution is 6.31. The fourth-order valence-electron chi connectivity index (χ4n) is 3.47. The lowest BCUT2D eigenvalue weighted by molar-refractivity contribution is 0.0779. The standard InChI is InChI=1S/C15H18ClFN2O/c16-11-2-4-14(17)13(6-11)15(20)19-7-9-1-3-12(18)5-10(9)8-19/h2,4,6,9-10,12H,1,3,5,7-8,18H2/t9-,10+,12?/m1/s1. The molecule has 3 atom stereocenters. The monoisotopic (exact) mass is 296 g/mol. The Kier molecular flexibility index (Phi) is 3.69. The Morgan fingerprint density at radius 1 is 1.30 bits per heavy atom. The van der Waals surface area contributed by atoms with E-state index in [0.29, 0.717) is 29.9 Å². The van der Waals surface area contributed by atoms with Crippen LogP contribution in [0.15, 0.2) is 18.2 Å². The highest BCUT2D eigenvalue weighted by Gasteiger charge is 2.39. The van der Waals surface area contributed by atoms with Gasteiger partial charge in [0.2, 0.25) is 0 Å². The zero-order chi connectivity index (χ0) is 14.3. The number of carbonyl (C=O) groups is 1. The van der Waals surface area contributed by atoms with Gasteiger partial charge in [0, 0.05) is 24.2 Å². The van der Waals surface area contributed by atoms with Crippen LogP contribution in [-0.2, 0) is 0 Å². The van der Waals surface area contributed by atoms with Crippen molar-refractivity contribution >= 4 is 17.5 Å². The Hall–Kier alpha value is -1.13. The van der Waals surface area contributed by atoms with Crippen molar-refractivity contribution in [2.45, 2.75) is 25.3 Å². The van der Waals surface area contributed by atoms with Crippen LogP contribution < -0.4 is 5.73 Å². The Bertz CT molecular complexity index is 537. The van der Waals surface area contributed by atoms with Crippen LogP contribution in [0.1, 0.15) is 29.6 Å². The maximum atomic E-state index is 13.8. The van der Waals surface area contributed by atoms with Gasteiger partial charge in [-0.25, -0.2) is 4.39 Å². The van der Waals surface area contributed by atoms with E-state index >= 15 is 0 Å². The van der Waals surface area contributed by atoms with Crippen molar-refractivity contribution in [3.05, 3.63) is 34.6 Å². The van der Waals surface area contributed by atoms with Crippen molar-refractivity contribution in [2.24, 2.45) is 17.6 Å². The van der Waals surface area contributed by atoms with E-state index in [2.05, 4.69) is 0 Å². The van der Waals surface area contributed by atoms with Crippen molar-refractivity contribution in [1.82, 2.24) is 4.90 Å². The maximum absolute atomic E-state index is 13.8. The zero-order valence-electron chi connectivity index (χ0n) is 11.2. The van der Waals surface area contributed by atoms with Crippen LogP contribution in [0.5, 0.6) is 0 Å². The van der Waals surface area contributed by atoms with Gasteiger partial charge in [0.1, 0.15) is 5.82 Å². The number of hydrogen-bond acceptors (Lipinski definition) is 2. The maximum Gasteiger partial charge on any atom is 0.256 e. The molecule has 1 amide bonds. The van der Waals surface area contributed by atoms with Crippen molar-refractivity contribution in [3.8, 4) is 0 Å². The Labute approximate surface area is 122 Å². The summed E-state index contributed by atoms with van der Waals surface area (Å²) in [5.74, 6) is 0.213. The number of nitrogens with two attached hydrogens (primary N) is 1. The molecule has 1 unspecified atom stereocenters. The SMILES string of the molecule is NC1CC[C@@H]2CN(C(=O)c3cc(Cl)ccc3F)C[C@@H]2C1. The van der Waals surface area contributed by atoms with E-state index in [-0.39, 0.29) is 17.5 Å². The molecule has 1 heterocycles. The van der Waals surface area contributed by atoms with Gasteiger partial charge in [0.15, 0.2) is 0 Å². The highest BCUT2D eigenvalue weighted by atomic mass is 35.5. The van der Waals surface area contributed by atoms with E-state index in [0.717, 1.165) is 19.3 Å². The molecule has 2 aliphatic rings. The van der Waals surface area contributed by atoms with Crippen LogP contribution in [0.2, 0.25) is 5.02 Å². The van der Waals surface area contributed by atoms with Gasteiger partial charge in [-0.15, -0.1) is 0 Å². The molecule has 20 heavy (non-hydrogen) atoms. The third-order valence-corrected chi connectivity index (χ3v) is 4.77. The molecule has 1 aromatic rings. The molecule has 2 N–H and O–H groups in total. The summed E-state index contributed by atoms with van der Waals surface area (Å²) in [6, 6.07) is 4.35. The summed E-state index contributed by atoms with van der Waals surface area (Å²) in [6.45, 7) is 1.39. The molecule has 3 nitrogen and oxygen atoms in total. The van der Waals surface area contributed by atoms with Gasteiger partial charge in [0.25, 0.3) is 5.91 Å². The Morgan fingerprint density at radius 2 is 2.05 bits per heavy atom. The average Bonchev–Trinajstić information content (AvgIpc) is 2.83. The molecule has 0 bridgehead atoms.